The van der Waals surface area contributed by atoms with Gasteiger partial charge >= 0.3 is 6.03 Å². The summed E-state index contributed by atoms with van der Waals surface area (Å²) in [5, 5.41) is 23.7. The lowest BCUT2D eigenvalue weighted by Gasteiger charge is -2.09. The van der Waals surface area contributed by atoms with Crippen molar-refractivity contribution in [3.8, 4) is 6.07 Å². The van der Waals surface area contributed by atoms with Crippen LogP contribution in [-0.2, 0) is 6.54 Å². The summed E-state index contributed by atoms with van der Waals surface area (Å²) in [6.07, 6.45) is -0.502. The van der Waals surface area contributed by atoms with Gasteiger partial charge in [0.15, 0.2) is 0 Å². The average Bonchev–Trinajstić information content (AvgIpc) is 2.53. The maximum Gasteiger partial charge on any atom is 0.319 e. The van der Waals surface area contributed by atoms with Crippen LogP contribution in [0.4, 0.5) is 10.5 Å². The third-order valence-electron chi connectivity index (χ3n) is 3.16. The van der Waals surface area contributed by atoms with Crippen molar-refractivity contribution in [1.82, 2.24) is 5.32 Å². The standard InChI is InChI=1S/C17H17N3O2/c1-12(21)15-7-5-13(6-8-15)11-19-17(22)20-16-4-2-3-14(9-16)10-18/h2-9,12,21H,11H2,1H3,(H2,19,20,22)/t12-/m0/s1. The number of amides is 2. The minimum Gasteiger partial charge on any atom is -0.389 e. The van der Waals surface area contributed by atoms with Gasteiger partial charge in [0.2, 0.25) is 0 Å². The first-order valence-corrected chi connectivity index (χ1v) is 6.90. The topological polar surface area (TPSA) is 85.2 Å². The molecule has 0 spiro atoms. The number of carbonyl (C=O) groups excluding carboxylic acids is 1. The zero-order valence-electron chi connectivity index (χ0n) is 12.2. The number of hydrogen-bond acceptors (Lipinski definition) is 3. The number of nitriles is 1. The Hall–Kier alpha value is -2.84. The molecule has 0 aliphatic heterocycles. The molecule has 0 fully saturated rings. The minimum atomic E-state index is -0.502. The smallest absolute Gasteiger partial charge is 0.319 e. The molecule has 0 radical (unpaired) electrons. The highest BCUT2D eigenvalue weighted by Gasteiger charge is 2.04. The van der Waals surface area contributed by atoms with Crippen LogP contribution < -0.4 is 10.6 Å². The van der Waals surface area contributed by atoms with Crippen molar-refractivity contribution in [2.45, 2.75) is 19.6 Å². The molecule has 2 aromatic rings. The second kappa shape index (κ2) is 7.25. The molecule has 22 heavy (non-hydrogen) atoms. The predicted octanol–water partition coefficient (Wildman–Crippen LogP) is 2.93. The maximum absolute atomic E-state index is 11.8. The molecule has 0 aliphatic rings. The summed E-state index contributed by atoms with van der Waals surface area (Å²) in [5.41, 5.74) is 2.83. The molecule has 5 nitrogen and oxygen atoms in total. The molecule has 0 saturated heterocycles. The summed E-state index contributed by atoms with van der Waals surface area (Å²) in [6, 6.07) is 15.8. The Morgan fingerprint density at radius 3 is 2.64 bits per heavy atom. The first-order valence-electron chi connectivity index (χ1n) is 6.90. The number of urea groups is 1. The zero-order valence-corrected chi connectivity index (χ0v) is 12.2. The molecule has 112 valence electrons. The average molecular weight is 295 g/mol. The van der Waals surface area contributed by atoms with Crippen molar-refractivity contribution in [3.05, 3.63) is 65.2 Å². The van der Waals surface area contributed by atoms with Gasteiger partial charge in [-0.3, -0.25) is 0 Å². The lowest BCUT2D eigenvalue weighted by atomic mass is 10.1. The van der Waals surface area contributed by atoms with Crippen LogP contribution in [0.2, 0.25) is 0 Å². The molecule has 0 heterocycles. The van der Waals surface area contributed by atoms with Gasteiger partial charge in [-0.2, -0.15) is 5.26 Å². The predicted molar refractivity (Wildman–Crippen MR) is 84.1 cm³/mol. The number of anilines is 1. The number of nitrogens with zero attached hydrogens (tertiary/aromatic N) is 1. The number of nitrogens with one attached hydrogen (secondary N) is 2. The molecule has 0 aliphatic carbocycles. The van der Waals surface area contributed by atoms with Gasteiger partial charge in [0.25, 0.3) is 0 Å². The van der Waals surface area contributed by atoms with Gasteiger partial charge in [0.1, 0.15) is 0 Å². The lowest BCUT2D eigenvalue weighted by molar-refractivity contribution is 0.199. The van der Waals surface area contributed by atoms with Crippen LogP contribution in [0.5, 0.6) is 0 Å². The van der Waals surface area contributed by atoms with E-state index in [1.165, 1.54) is 0 Å². The van der Waals surface area contributed by atoms with Crippen LogP contribution in [0.1, 0.15) is 29.7 Å². The van der Waals surface area contributed by atoms with E-state index < -0.39 is 6.10 Å². The van der Waals surface area contributed by atoms with Crippen LogP contribution in [0.15, 0.2) is 48.5 Å². The Balaban J connectivity index is 1.88. The van der Waals surface area contributed by atoms with E-state index in [4.69, 9.17) is 5.26 Å². The quantitative estimate of drug-likeness (QED) is 0.810. The van der Waals surface area contributed by atoms with E-state index in [9.17, 15) is 9.90 Å². The van der Waals surface area contributed by atoms with E-state index in [2.05, 4.69) is 10.6 Å². The third kappa shape index (κ3) is 4.33. The molecule has 2 aromatic carbocycles. The molecule has 0 bridgehead atoms. The van der Waals surface area contributed by atoms with Gasteiger partial charge < -0.3 is 15.7 Å². The molecule has 1 atom stereocenters. The van der Waals surface area contributed by atoms with E-state index in [0.29, 0.717) is 17.8 Å². The van der Waals surface area contributed by atoms with Gasteiger partial charge in [0.05, 0.1) is 17.7 Å². The SMILES string of the molecule is C[C@H](O)c1ccc(CNC(=O)Nc2cccc(C#N)c2)cc1. The van der Waals surface area contributed by atoms with Crippen molar-refractivity contribution in [3.63, 3.8) is 0 Å². The molecule has 0 unspecified atom stereocenters. The van der Waals surface area contributed by atoms with E-state index in [0.717, 1.165) is 11.1 Å². The number of aliphatic hydroxyl groups is 1. The number of carbonyl (C=O) groups is 1. The van der Waals surface area contributed by atoms with Crippen LogP contribution in [-0.4, -0.2) is 11.1 Å². The Morgan fingerprint density at radius 2 is 2.00 bits per heavy atom. The molecule has 5 heteroatoms. The first-order chi connectivity index (χ1) is 10.6. The fraction of sp³-hybridized carbons (Fsp3) is 0.176. The van der Waals surface area contributed by atoms with Crippen LogP contribution >= 0.6 is 0 Å². The number of hydrogen-bond donors (Lipinski definition) is 3. The summed E-state index contributed by atoms with van der Waals surface area (Å²) in [7, 11) is 0. The Labute approximate surface area is 129 Å². The highest BCUT2D eigenvalue weighted by Crippen LogP contribution is 2.13. The molecule has 2 rings (SSSR count). The van der Waals surface area contributed by atoms with Crippen molar-refractivity contribution in [2.75, 3.05) is 5.32 Å². The maximum atomic E-state index is 11.8. The summed E-state index contributed by atoms with van der Waals surface area (Å²) < 4.78 is 0. The monoisotopic (exact) mass is 295 g/mol. The Kier molecular flexibility index (Phi) is 5.12. The lowest BCUT2D eigenvalue weighted by Crippen LogP contribution is -2.28. The number of aliphatic hydroxyl groups excluding tert-OH is 1. The van der Waals surface area contributed by atoms with Crippen molar-refractivity contribution >= 4 is 11.7 Å². The Morgan fingerprint density at radius 1 is 1.27 bits per heavy atom. The first kappa shape index (κ1) is 15.5. The van der Waals surface area contributed by atoms with Gasteiger partial charge in [-0.25, -0.2) is 4.79 Å². The third-order valence-corrected chi connectivity index (χ3v) is 3.16. The summed E-state index contributed by atoms with van der Waals surface area (Å²) in [6.45, 7) is 2.08. The van der Waals surface area contributed by atoms with Crippen molar-refractivity contribution < 1.29 is 9.90 Å². The number of benzene rings is 2. The largest absolute Gasteiger partial charge is 0.389 e. The number of rotatable bonds is 4. The van der Waals surface area contributed by atoms with E-state index in [1.807, 2.05) is 30.3 Å². The molecule has 2 amide bonds. The van der Waals surface area contributed by atoms with Crippen molar-refractivity contribution in [2.24, 2.45) is 0 Å². The highest BCUT2D eigenvalue weighted by molar-refractivity contribution is 5.89. The van der Waals surface area contributed by atoms with E-state index in [1.54, 1.807) is 31.2 Å². The van der Waals surface area contributed by atoms with Gasteiger partial charge in [-0.05, 0) is 36.2 Å². The molecular weight excluding hydrogens is 278 g/mol. The van der Waals surface area contributed by atoms with E-state index >= 15 is 0 Å². The van der Waals surface area contributed by atoms with Gasteiger partial charge in [-0.1, -0.05) is 30.3 Å². The van der Waals surface area contributed by atoms with Crippen LogP contribution in [0.25, 0.3) is 0 Å². The minimum absolute atomic E-state index is 0.338. The van der Waals surface area contributed by atoms with Crippen molar-refractivity contribution in [1.29, 1.82) is 5.26 Å². The van der Waals surface area contributed by atoms with Crippen LogP contribution in [0.3, 0.4) is 0 Å². The summed E-state index contributed by atoms with van der Waals surface area (Å²) in [5.74, 6) is 0. The second-order valence-electron chi connectivity index (χ2n) is 4.92. The normalized spacial score (nSPS) is 11.3. The van der Waals surface area contributed by atoms with Gasteiger partial charge in [-0.15, -0.1) is 0 Å². The highest BCUT2D eigenvalue weighted by atomic mass is 16.3. The fourth-order valence-electron chi connectivity index (χ4n) is 1.94. The van der Waals surface area contributed by atoms with E-state index in [-0.39, 0.29) is 6.03 Å². The summed E-state index contributed by atoms with van der Waals surface area (Å²) >= 11 is 0. The Bertz CT molecular complexity index is 688. The second-order valence-corrected chi connectivity index (χ2v) is 4.92. The van der Waals surface area contributed by atoms with Gasteiger partial charge in [0, 0.05) is 12.2 Å². The fourth-order valence-corrected chi connectivity index (χ4v) is 1.94. The van der Waals surface area contributed by atoms with Crippen LogP contribution in [0, 0.1) is 11.3 Å². The molecule has 0 aromatic heterocycles. The molecule has 0 saturated carbocycles. The molecular formula is C17H17N3O2. The zero-order chi connectivity index (χ0) is 15.9. The summed E-state index contributed by atoms with van der Waals surface area (Å²) in [4.78, 5) is 11.8. The molecule has 3 N–H and O–H groups in total.